The molecule has 0 saturated carbocycles. The number of amides is 1. The first-order valence-corrected chi connectivity index (χ1v) is 11.3. The molecule has 1 aromatic carbocycles. The molecule has 0 radical (unpaired) electrons. The molecular weight excluding hydrogens is 362 g/mol. The Hall–Kier alpha value is -1.44. The van der Waals surface area contributed by atoms with E-state index in [-0.39, 0.29) is 17.9 Å². The van der Waals surface area contributed by atoms with Crippen molar-refractivity contribution in [3.05, 3.63) is 29.8 Å². The van der Waals surface area contributed by atoms with Crippen LogP contribution in [0.3, 0.4) is 0 Å². The fraction of sp³-hybridized carbons (Fsp3) is 0.650. The number of nitrogens with zero attached hydrogens (tertiary/aromatic N) is 3. The van der Waals surface area contributed by atoms with E-state index in [9.17, 15) is 13.2 Å². The molecule has 0 aliphatic carbocycles. The first kappa shape index (κ1) is 20.3. The second-order valence-electron chi connectivity index (χ2n) is 8.18. The maximum atomic E-state index is 13.3. The molecule has 6 nitrogen and oxygen atoms in total. The van der Waals surface area contributed by atoms with Crippen molar-refractivity contribution in [1.29, 1.82) is 0 Å². The Morgan fingerprint density at radius 2 is 1.74 bits per heavy atom. The normalized spacial score (nSPS) is 24.9. The van der Waals surface area contributed by atoms with Gasteiger partial charge in [0.25, 0.3) is 0 Å². The Balaban J connectivity index is 1.87. The summed E-state index contributed by atoms with van der Waals surface area (Å²) in [6.07, 6.45) is 1.82. The zero-order valence-corrected chi connectivity index (χ0v) is 17.6. The number of likely N-dealkylation sites (tertiary alicyclic amines) is 1. The van der Waals surface area contributed by atoms with Crippen LogP contribution < -0.4 is 0 Å². The highest BCUT2D eigenvalue weighted by Gasteiger charge is 2.47. The van der Waals surface area contributed by atoms with Crippen molar-refractivity contribution >= 4 is 15.9 Å². The minimum absolute atomic E-state index is 0.0118. The fourth-order valence-electron chi connectivity index (χ4n) is 4.20. The highest BCUT2D eigenvalue weighted by atomic mass is 32.2. The molecule has 3 rings (SSSR count). The fourth-order valence-corrected chi connectivity index (χ4v) is 5.99. The number of sulfonamides is 1. The van der Waals surface area contributed by atoms with Crippen LogP contribution in [0.4, 0.5) is 0 Å². The largest absolute Gasteiger partial charge is 0.321 e. The van der Waals surface area contributed by atoms with Crippen molar-refractivity contribution < 1.29 is 13.2 Å². The smallest absolute Gasteiger partial charge is 0.244 e. The third-order valence-electron chi connectivity index (χ3n) is 5.57. The number of aryl methyl sites for hydroxylation is 1. The van der Waals surface area contributed by atoms with Crippen LogP contribution in [-0.4, -0.2) is 66.8 Å². The highest BCUT2D eigenvalue weighted by molar-refractivity contribution is 7.89. The van der Waals surface area contributed by atoms with Crippen molar-refractivity contribution in [2.24, 2.45) is 5.92 Å². The lowest BCUT2D eigenvalue weighted by atomic mass is 10.1. The van der Waals surface area contributed by atoms with E-state index in [1.807, 2.05) is 39.8 Å². The van der Waals surface area contributed by atoms with E-state index in [2.05, 4.69) is 4.90 Å². The van der Waals surface area contributed by atoms with Gasteiger partial charge in [-0.3, -0.25) is 9.69 Å². The average Bonchev–Trinajstić information content (AvgIpc) is 3.22. The quantitative estimate of drug-likeness (QED) is 0.770. The van der Waals surface area contributed by atoms with Gasteiger partial charge < -0.3 is 4.90 Å². The summed E-state index contributed by atoms with van der Waals surface area (Å²) >= 11 is 0. The lowest BCUT2D eigenvalue weighted by Gasteiger charge is -2.34. The molecule has 2 aliphatic heterocycles. The summed E-state index contributed by atoms with van der Waals surface area (Å²) in [7, 11) is -3.65. The molecule has 0 N–H and O–H groups in total. The van der Waals surface area contributed by atoms with Crippen LogP contribution in [0.5, 0.6) is 0 Å². The molecule has 2 heterocycles. The first-order valence-electron chi connectivity index (χ1n) is 9.84. The van der Waals surface area contributed by atoms with Gasteiger partial charge in [0.15, 0.2) is 0 Å². The van der Waals surface area contributed by atoms with E-state index in [1.54, 1.807) is 17.0 Å². The second-order valence-corrected chi connectivity index (χ2v) is 10.1. The zero-order chi connectivity index (χ0) is 19.8. The summed E-state index contributed by atoms with van der Waals surface area (Å²) in [5.74, 6) is 0.0439. The summed E-state index contributed by atoms with van der Waals surface area (Å²) < 4.78 is 28.1. The third-order valence-corrected chi connectivity index (χ3v) is 7.42. The van der Waals surface area contributed by atoms with Crippen LogP contribution in [0.2, 0.25) is 0 Å². The predicted octanol–water partition coefficient (Wildman–Crippen LogP) is 2.29. The standard InChI is InChI=1S/C20H31N3O3S/c1-15(2)20-22(27(25,26)18-9-7-16(3)8-10-18)13-17(4)23(20)19(24)14-21-11-5-6-12-21/h7-10,15,17,20H,5-6,11-14H2,1-4H3/t17-,20-/m0/s1. The third kappa shape index (κ3) is 4.05. The van der Waals surface area contributed by atoms with Crippen molar-refractivity contribution in [1.82, 2.24) is 14.1 Å². The maximum absolute atomic E-state index is 13.3. The maximum Gasteiger partial charge on any atom is 0.244 e. The van der Waals surface area contributed by atoms with Crippen LogP contribution in [0, 0.1) is 12.8 Å². The van der Waals surface area contributed by atoms with Crippen LogP contribution in [0.1, 0.15) is 39.2 Å². The molecule has 2 atom stereocenters. The van der Waals surface area contributed by atoms with Crippen molar-refractivity contribution in [2.75, 3.05) is 26.2 Å². The SMILES string of the molecule is Cc1ccc(S(=O)(=O)N2C[C@H](C)N(C(=O)CN3CCCC3)[C@H]2C(C)C)cc1. The van der Waals surface area contributed by atoms with Gasteiger partial charge in [-0.2, -0.15) is 4.31 Å². The molecule has 2 aliphatic rings. The number of rotatable bonds is 5. The average molecular weight is 394 g/mol. The Labute approximate surface area is 163 Å². The minimum Gasteiger partial charge on any atom is -0.321 e. The Morgan fingerprint density at radius 3 is 2.30 bits per heavy atom. The number of carbonyl (C=O) groups is 1. The molecule has 0 aromatic heterocycles. The van der Waals surface area contributed by atoms with Crippen LogP contribution >= 0.6 is 0 Å². The summed E-state index contributed by atoms with van der Waals surface area (Å²) in [5.41, 5.74) is 1.02. The summed E-state index contributed by atoms with van der Waals surface area (Å²) in [6, 6.07) is 6.80. The Bertz CT molecular complexity index is 770. The molecule has 0 spiro atoms. The molecule has 0 unspecified atom stereocenters. The monoisotopic (exact) mass is 393 g/mol. The topological polar surface area (TPSA) is 60.9 Å². The second kappa shape index (κ2) is 7.89. The van der Waals surface area contributed by atoms with Crippen LogP contribution in [-0.2, 0) is 14.8 Å². The van der Waals surface area contributed by atoms with Crippen molar-refractivity contribution in [3.8, 4) is 0 Å². The van der Waals surface area contributed by atoms with Gasteiger partial charge in [-0.25, -0.2) is 8.42 Å². The molecule has 7 heteroatoms. The lowest BCUT2D eigenvalue weighted by molar-refractivity contribution is -0.136. The van der Waals surface area contributed by atoms with E-state index >= 15 is 0 Å². The molecule has 2 fully saturated rings. The van der Waals surface area contributed by atoms with Crippen molar-refractivity contribution in [2.45, 2.75) is 57.6 Å². The van der Waals surface area contributed by atoms with Gasteiger partial charge in [0.2, 0.25) is 15.9 Å². The number of carbonyl (C=O) groups excluding carboxylic acids is 1. The van der Waals surface area contributed by atoms with Gasteiger partial charge in [-0.15, -0.1) is 0 Å². The van der Waals surface area contributed by atoms with Gasteiger partial charge in [0.1, 0.15) is 6.17 Å². The molecule has 0 bridgehead atoms. The summed E-state index contributed by atoms with van der Waals surface area (Å²) in [4.78, 5) is 17.3. The van der Waals surface area contributed by atoms with Crippen LogP contribution in [0.15, 0.2) is 29.2 Å². The van der Waals surface area contributed by atoms with Crippen LogP contribution in [0.25, 0.3) is 0 Å². The molecular formula is C20H31N3O3S. The van der Waals surface area contributed by atoms with Gasteiger partial charge >= 0.3 is 0 Å². The molecule has 1 aromatic rings. The molecule has 1 amide bonds. The lowest BCUT2D eigenvalue weighted by Crippen LogP contribution is -2.51. The predicted molar refractivity (Wildman–Crippen MR) is 106 cm³/mol. The zero-order valence-electron chi connectivity index (χ0n) is 16.8. The Morgan fingerprint density at radius 1 is 1.15 bits per heavy atom. The van der Waals surface area contributed by atoms with E-state index in [1.165, 1.54) is 4.31 Å². The van der Waals surface area contributed by atoms with E-state index in [4.69, 9.17) is 0 Å². The first-order chi connectivity index (χ1) is 12.7. The number of hydrogen-bond acceptors (Lipinski definition) is 4. The van der Waals surface area contributed by atoms with E-state index < -0.39 is 16.2 Å². The summed E-state index contributed by atoms with van der Waals surface area (Å²) in [6.45, 7) is 10.5. The van der Waals surface area contributed by atoms with Gasteiger partial charge in [0, 0.05) is 12.6 Å². The number of benzene rings is 1. The molecule has 27 heavy (non-hydrogen) atoms. The minimum atomic E-state index is -3.65. The van der Waals surface area contributed by atoms with Gasteiger partial charge in [-0.1, -0.05) is 31.5 Å². The molecule has 2 saturated heterocycles. The van der Waals surface area contributed by atoms with Crippen molar-refractivity contribution in [3.63, 3.8) is 0 Å². The summed E-state index contributed by atoms with van der Waals surface area (Å²) in [5, 5.41) is 0. The van der Waals surface area contributed by atoms with Gasteiger partial charge in [0.05, 0.1) is 11.4 Å². The number of hydrogen-bond donors (Lipinski definition) is 0. The van der Waals surface area contributed by atoms with E-state index in [0.29, 0.717) is 18.0 Å². The Kier molecular flexibility index (Phi) is 5.93. The highest BCUT2D eigenvalue weighted by Crippen LogP contribution is 2.32. The van der Waals surface area contributed by atoms with E-state index in [0.717, 1.165) is 31.5 Å². The van der Waals surface area contributed by atoms with Gasteiger partial charge in [-0.05, 0) is 57.8 Å². The molecule has 150 valence electrons.